The third-order valence-corrected chi connectivity index (χ3v) is 1.73. The molecule has 2 heteroatoms. The Morgan fingerprint density at radius 3 is 1.67 bits per heavy atom. The molecule has 0 aliphatic rings. The van der Waals surface area contributed by atoms with Gasteiger partial charge in [0.25, 0.3) is 0 Å². The van der Waals surface area contributed by atoms with Crippen LogP contribution < -0.4 is 0 Å². The van der Waals surface area contributed by atoms with Crippen LogP contribution in [-0.4, -0.2) is 5.37 Å². The standard InChI is InChI=1S/C7H5S.C6H5.V/c8-6-7-4-2-1-3-5-7;1-2-4-6-5-3-1;/h1-5H;1-5H;/q2*-1;+2. The molecule has 0 fully saturated rings. The second-order valence-corrected chi connectivity index (χ2v) is 2.75. The molecular formula is C13H10SV. The Bertz CT molecular complexity index is 319. The van der Waals surface area contributed by atoms with Gasteiger partial charge in [0, 0.05) is 0 Å². The van der Waals surface area contributed by atoms with Gasteiger partial charge in [-0.25, -0.2) is 0 Å². The fraction of sp³-hybridized carbons (Fsp3) is 0. The zero-order chi connectivity index (χ0) is 10.1. The second kappa shape index (κ2) is 9.66. The number of thiocarbonyl (C=S) groups is 1. The van der Waals surface area contributed by atoms with E-state index in [4.69, 9.17) is 0 Å². The van der Waals surface area contributed by atoms with E-state index in [-0.39, 0.29) is 18.6 Å². The molecule has 0 N–H and O–H groups in total. The SMILES string of the molecule is S=[C-]c1ccccc1.[V+2].[c-]1ccccc1. The predicted octanol–water partition coefficient (Wildman–Crippen LogP) is 3.40. The molecule has 73 valence electrons. The van der Waals surface area contributed by atoms with Gasteiger partial charge in [-0.15, -0.1) is 17.5 Å². The van der Waals surface area contributed by atoms with Crippen LogP contribution in [0.2, 0.25) is 0 Å². The van der Waals surface area contributed by atoms with E-state index in [0.717, 1.165) is 5.56 Å². The summed E-state index contributed by atoms with van der Waals surface area (Å²) in [7, 11) is 0. The van der Waals surface area contributed by atoms with Crippen molar-refractivity contribution >= 4 is 17.6 Å². The summed E-state index contributed by atoms with van der Waals surface area (Å²) in [5.41, 5.74) is 0.975. The minimum Gasteiger partial charge on any atom is -0.184 e. The molecule has 1 radical (unpaired) electrons. The van der Waals surface area contributed by atoms with Crippen LogP contribution in [-0.2, 0) is 18.6 Å². The van der Waals surface area contributed by atoms with Gasteiger partial charge in [-0.2, -0.15) is 66.3 Å². The second-order valence-electron chi connectivity index (χ2n) is 2.55. The van der Waals surface area contributed by atoms with Gasteiger partial charge in [-0.05, 0) is 0 Å². The van der Waals surface area contributed by atoms with Gasteiger partial charge in [0.2, 0.25) is 0 Å². The Kier molecular flexibility index (Phi) is 9.09. The number of rotatable bonds is 1. The summed E-state index contributed by atoms with van der Waals surface area (Å²) in [6.07, 6.45) is 0. The van der Waals surface area contributed by atoms with Crippen molar-refractivity contribution in [2.24, 2.45) is 0 Å². The van der Waals surface area contributed by atoms with Crippen LogP contribution >= 0.6 is 12.2 Å². The van der Waals surface area contributed by atoms with E-state index in [1.54, 1.807) is 0 Å². The van der Waals surface area contributed by atoms with Crippen LogP contribution in [0.3, 0.4) is 0 Å². The van der Waals surface area contributed by atoms with Gasteiger partial charge in [-0.3, -0.25) is 0 Å². The Morgan fingerprint density at radius 1 is 0.867 bits per heavy atom. The van der Waals surface area contributed by atoms with E-state index < -0.39 is 0 Å². The summed E-state index contributed by atoms with van der Waals surface area (Å²) in [6, 6.07) is 22.2. The monoisotopic (exact) mass is 249 g/mol. The van der Waals surface area contributed by atoms with Gasteiger partial charge in [0.05, 0.1) is 0 Å². The Labute approximate surface area is 108 Å². The van der Waals surface area contributed by atoms with E-state index in [2.05, 4.69) is 23.7 Å². The molecule has 0 unspecified atom stereocenters. The molecule has 15 heavy (non-hydrogen) atoms. The molecule has 0 spiro atoms. The summed E-state index contributed by atoms with van der Waals surface area (Å²) < 4.78 is 0. The van der Waals surface area contributed by atoms with E-state index in [1.165, 1.54) is 0 Å². The summed E-state index contributed by atoms with van der Waals surface area (Å²) in [5, 5.41) is 2.61. The Morgan fingerprint density at radius 2 is 1.40 bits per heavy atom. The van der Waals surface area contributed by atoms with E-state index in [1.807, 2.05) is 60.7 Å². The van der Waals surface area contributed by atoms with Crippen LogP contribution in [0.25, 0.3) is 0 Å². The summed E-state index contributed by atoms with van der Waals surface area (Å²) >= 11 is 4.57. The van der Waals surface area contributed by atoms with Crippen LogP contribution in [0.5, 0.6) is 0 Å². The number of hydrogen-bond acceptors (Lipinski definition) is 1. The van der Waals surface area contributed by atoms with E-state index >= 15 is 0 Å². The zero-order valence-corrected chi connectivity index (χ0v) is 10.3. The number of benzene rings is 2. The normalized spacial score (nSPS) is 7.73. The van der Waals surface area contributed by atoms with Crippen molar-refractivity contribution < 1.29 is 18.6 Å². The fourth-order valence-electron chi connectivity index (χ4n) is 0.848. The molecule has 0 amide bonds. The molecule has 0 aromatic heterocycles. The van der Waals surface area contributed by atoms with Crippen molar-refractivity contribution in [3.63, 3.8) is 0 Å². The van der Waals surface area contributed by atoms with Crippen LogP contribution in [0.1, 0.15) is 5.56 Å². The van der Waals surface area contributed by atoms with Gasteiger partial charge >= 0.3 is 18.6 Å². The Hall–Kier alpha value is -0.886. The molecule has 0 heterocycles. The molecule has 2 aromatic rings. The quantitative estimate of drug-likeness (QED) is 0.551. The molecule has 2 rings (SSSR count). The van der Waals surface area contributed by atoms with Crippen LogP contribution in [0, 0.1) is 6.07 Å². The molecule has 0 nitrogen and oxygen atoms in total. The first kappa shape index (κ1) is 14.1. The van der Waals surface area contributed by atoms with Crippen molar-refractivity contribution in [3.05, 3.63) is 72.3 Å². The third-order valence-electron chi connectivity index (χ3n) is 1.50. The molecular weight excluding hydrogens is 239 g/mol. The topological polar surface area (TPSA) is 0 Å². The largest absolute Gasteiger partial charge is 2.00 e. The van der Waals surface area contributed by atoms with Gasteiger partial charge in [0.1, 0.15) is 0 Å². The first-order valence-corrected chi connectivity index (χ1v) is 4.68. The average Bonchev–Trinajstić information content (AvgIpc) is 2.33. The molecule has 0 bridgehead atoms. The average molecular weight is 249 g/mol. The molecule has 2 aromatic carbocycles. The molecule has 0 saturated heterocycles. The van der Waals surface area contributed by atoms with Gasteiger partial charge < -0.3 is 0 Å². The maximum atomic E-state index is 4.57. The van der Waals surface area contributed by atoms with Crippen molar-refractivity contribution in [2.75, 3.05) is 0 Å². The first-order valence-electron chi connectivity index (χ1n) is 4.28. The maximum absolute atomic E-state index is 4.57. The minimum atomic E-state index is 0. The van der Waals surface area contributed by atoms with Crippen molar-refractivity contribution in [3.8, 4) is 0 Å². The molecule has 0 aliphatic carbocycles. The maximum Gasteiger partial charge on any atom is 2.00 e. The summed E-state index contributed by atoms with van der Waals surface area (Å²) in [4.78, 5) is 0. The van der Waals surface area contributed by atoms with Crippen molar-refractivity contribution in [2.45, 2.75) is 0 Å². The summed E-state index contributed by atoms with van der Waals surface area (Å²) in [5.74, 6) is 0. The first-order chi connectivity index (χ1) is 6.93. The number of hydrogen-bond donors (Lipinski definition) is 0. The fourth-order valence-corrected chi connectivity index (χ4v) is 0.984. The molecule has 0 saturated carbocycles. The minimum absolute atomic E-state index is 0. The van der Waals surface area contributed by atoms with Crippen LogP contribution in [0.4, 0.5) is 0 Å². The third kappa shape index (κ3) is 7.09. The van der Waals surface area contributed by atoms with Crippen LogP contribution in [0.15, 0.2) is 60.7 Å². The predicted molar refractivity (Wildman–Crippen MR) is 63.4 cm³/mol. The molecule has 0 aliphatic heterocycles. The zero-order valence-electron chi connectivity index (χ0n) is 8.13. The van der Waals surface area contributed by atoms with Gasteiger partial charge in [0.15, 0.2) is 0 Å². The Balaban J connectivity index is 0.000000253. The summed E-state index contributed by atoms with van der Waals surface area (Å²) in [6.45, 7) is 0. The van der Waals surface area contributed by atoms with Crippen molar-refractivity contribution in [1.29, 1.82) is 0 Å². The van der Waals surface area contributed by atoms with Crippen molar-refractivity contribution in [1.82, 2.24) is 0 Å². The molecule has 0 atom stereocenters. The van der Waals surface area contributed by atoms with Gasteiger partial charge in [-0.1, -0.05) is 6.07 Å². The van der Waals surface area contributed by atoms with E-state index in [0.29, 0.717) is 0 Å². The van der Waals surface area contributed by atoms with E-state index in [9.17, 15) is 0 Å². The smallest absolute Gasteiger partial charge is 0.184 e.